The molecule has 0 radical (unpaired) electrons. The number of carbonyl (C=O) groups is 1. The highest BCUT2D eigenvalue weighted by Crippen LogP contribution is 2.26. The van der Waals surface area contributed by atoms with Gasteiger partial charge >= 0.3 is 5.97 Å². The highest BCUT2D eigenvalue weighted by molar-refractivity contribution is 5.88. The Balaban J connectivity index is 2.65. The fraction of sp³-hybridized carbons (Fsp3) is 0.286. The summed E-state index contributed by atoms with van der Waals surface area (Å²) in [6.45, 7) is 5.85. The van der Waals surface area contributed by atoms with E-state index in [1.165, 1.54) is 16.8 Å². The van der Waals surface area contributed by atoms with Gasteiger partial charge in [0.2, 0.25) is 0 Å². The molecule has 1 aromatic carbocycles. The van der Waals surface area contributed by atoms with Crippen LogP contribution >= 0.6 is 0 Å². The third-order valence-corrected chi connectivity index (χ3v) is 2.82. The largest absolute Gasteiger partial charge is 0.478 e. The Morgan fingerprint density at radius 1 is 1.40 bits per heavy atom. The summed E-state index contributed by atoms with van der Waals surface area (Å²) < 4.78 is 1.52. The molecule has 0 bridgehead atoms. The molecule has 6 nitrogen and oxygen atoms in total. The topological polar surface area (TPSA) is 91.8 Å². The van der Waals surface area contributed by atoms with Gasteiger partial charge < -0.3 is 5.11 Å². The zero-order valence-corrected chi connectivity index (χ0v) is 11.5. The summed E-state index contributed by atoms with van der Waals surface area (Å²) in [5.41, 5.74) is 1.30. The Bertz CT molecular complexity index is 705. The number of carboxylic acids is 1. The third kappa shape index (κ3) is 2.38. The summed E-state index contributed by atoms with van der Waals surface area (Å²) in [6, 6.07) is 8.40. The monoisotopic (exact) mass is 270 g/mol. The van der Waals surface area contributed by atoms with Crippen molar-refractivity contribution in [2.75, 3.05) is 0 Å². The number of rotatable bonds is 2. The van der Waals surface area contributed by atoms with E-state index in [9.17, 15) is 4.79 Å². The maximum absolute atomic E-state index is 11.0. The first-order valence-corrected chi connectivity index (χ1v) is 6.04. The summed E-state index contributed by atoms with van der Waals surface area (Å²) in [5, 5.41) is 26.0. The molecule has 20 heavy (non-hydrogen) atoms. The summed E-state index contributed by atoms with van der Waals surface area (Å²) in [5.74, 6) is -1.01. The van der Waals surface area contributed by atoms with Crippen LogP contribution in [0.5, 0.6) is 0 Å². The molecular formula is C14H14N4O2. The molecule has 0 unspecified atom stereocenters. The van der Waals surface area contributed by atoms with Crippen molar-refractivity contribution in [1.29, 1.82) is 5.26 Å². The second-order valence-corrected chi connectivity index (χ2v) is 5.42. The quantitative estimate of drug-likeness (QED) is 0.902. The highest BCUT2D eigenvalue weighted by atomic mass is 16.4. The van der Waals surface area contributed by atoms with Crippen molar-refractivity contribution < 1.29 is 9.90 Å². The number of carboxylic acid groups (broad SMARTS) is 1. The summed E-state index contributed by atoms with van der Waals surface area (Å²) >= 11 is 0. The van der Waals surface area contributed by atoms with Gasteiger partial charge in [-0.2, -0.15) is 5.26 Å². The van der Waals surface area contributed by atoms with Crippen LogP contribution in [0.3, 0.4) is 0 Å². The predicted molar refractivity (Wildman–Crippen MR) is 71.7 cm³/mol. The van der Waals surface area contributed by atoms with Crippen LogP contribution in [0.1, 0.15) is 42.5 Å². The molecule has 2 aromatic rings. The Hall–Kier alpha value is -2.68. The maximum atomic E-state index is 11.0. The van der Waals surface area contributed by atoms with Crippen molar-refractivity contribution in [3.8, 4) is 11.8 Å². The zero-order chi connectivity index (χ0) is 14.9. The summed E-state index contributed by atoms with van der Waals surface area (Å²) in [4.78, 5) is 11.0. The molecule has 0 aliphatic carbocycles. The summed E-state index contributed by atoms with van der Waals surface area (Å²) in [7, 11) is 0. The molecule has 1 heterocycles. The fourth-order valence-corrected chi connectivity index (χ4v) is 1.98. The maximum Gasteiger partial charge on any atom is 0.335 e. The first kappa shape index (κ1) is 13.7. The molecule has 6 heteroatoms. The van der Waals surface area contributed by atoms with E-state index in [1.807, 2.05) is 26.8 Å². The molecule has 102 valence electrons. The molecule has 1 aromatic heterocycles. The Kier molecular flexibility index (Phi) is 3.28. The fourth-order valence-electron chi connectivity index (χ4n) is 1.98. The summed E-state index contributed by atoms with van der Waals surface area (Å²) in [6.07, 6.45) is 0. The number of hydrogen-bond acceptors (Lipinski definition) is 4. The minimum Gasteiger partial charge on any atom is -0.478 e. The molecular weight excluding hydrogens is 256 g/mol. The van der Waals surface area contributed by atoms with Crippen molar-refractivity contribution in [1.82, 2.24) is 15.0 Å². The molecule has 0 amide bonds. The van der Waals surface area contributed by atoms with Crippen molar-refractivity contribution in [2.24, 2.45) is 0 Å². The molecule has 0 fully saturated rings. The number of nitriles is 1. The van der Waals surface area contributed by atoms with Crippen molar-refractivity contribution in [3.05, 3.63) is 41.2 Å². The number of aromatic carboxylic acids is 1. The van der Waals surface area contributed by atoms with Gasteiger partial charge in [0.25, 0.3) is 0 Å². The van der Waals surface area contributed by atoms with Crippen LogP contribution in [0.4, 0.5) is 0 Å². The van der Waals surface area contributed by atoms with Crippen molar-refractivity contribution in [2.45, 2.75) is 26.2 Å². The first-order chi connectivity index (χ1) is 9.34. The highest BCUT2D eigenvalue weighted by Gasteiger charge is 2.26. The zero-order valence-electron chi connectivity index (χ0n) is 11.5. The van der Waals surface area contributed by atoms with Crippen LogP contribution in [0.2, 0.25) is 0 Å². The Labute approximate surface area is 116 Å². The smallest absolute Gasteiger partial charge is 0.335 e. The Morgan fingerprint density at radius 3 is 2.65 bits per heavy atom. The van der Waals surface area contributed by atoms with Crippen molar-refractivity contribution >= 4 is 5.97 Å². The molecule has 0 aliphatic heterocycles. The van der Waals surface area contributed by atoms with Crippen molar-refractivity contribution in [3.63, 3.8) is 0 Å². The van der Waals surface area contributed by atoms with Crippen LogP contribution in [0, 0.1) is 11.3 Å². The standard InChI is InChI=1S/C14H14N4O2/c1-14(2,3)12-11(8-15)16-17-18(12)10-6-4-5-9(7-10)13(19)20/h4-7H,1-3H3,(H,19,20). The van der Waals surface area contributed by atoms with E-state index < -0.39 is 5.97 Å². The van der Waals surface area contributed by atoms with Gasteiger partial charge in [0, 0.05) is 5.41 Å². The van der Waals surface area contributed by atoms with Gasteiger partial charge in [0.15, 0.2) is 5.69 Å². The van der Waals surface area contributed by atoms with Gasteiger partial charge in [-0.25, -0.2) is 9.48 Å². The lowest BCUT2D eigenvalue weighted by Gasteiger charge is -2.19. The predicted octanol–water partition coefficient (Wildman–Crippen LogP) is 2.13. The molecule has 2 rings (SSSR count). The van der Waals surface area contributed by atoms with Gasteiger partial charge in [-0.05, 0) is 18.2 Å². The van der Waals surface area contributed by atoms with Gasteiger partial charge in [-0.15, -0.1) is 5.10 Å². The van der Waals surface area contributed by atoms with E-state index in [1.54, 1.807) is 12.1 Å². The second kappa shape index (κ2) is 4.78. The number of hydrogen-bond donors (Lipinski definition) is 1. The average Bonchev–Trinajstić information content (AvgIpc) is 2.82. The van der Waals surface area contributed by atoms with Crippen LogP contribution in [-0.4, -0.2) is 26.1 Å². The molecule has 0 aliphatic rings. The van der Waals surface area contributed by atoms with E-state index in [0.717, 1.165) is 0 Å². The van der Waals surface area contributed by atoms with E-state index in [4.69, 9.17) is 10.4 Å². The van der Waals surface area contributed by atoms with E-state index in [0.29, 0.717) is 11.4 Å². The van der Waals surface area contributed by atoms with Gasteiger partial charge in [0.05, 0.1) is 16.9 Å². The average molecular weight is 270 g/mol. The molecule has 0 saturated carbocycles. The normalized spacial score (nSPS) is 11.1. The van der Waals surface area contributed by atoms with Crippen LogP contribution in [0.25, 0.3) is 5.69 Å². The number of nitrogens with zero attached hydrogens (tertiary/aromatic N) is 4. The SMILES string of the molecule is CC(C)(C)c1c(C#N)nnn1-c1cccc(C(=O)O)c1. The molecule has 0 atom stereocenters. The Morgan fingerprint density at radius 2 is 2.10 bits per heavy atom. The van der Waals surface area contributed by atoms with Gasteiger partial charge in [0.1, 0.15) is 6.07 Å². The lowest BCUT2D eigenvalue weighted by atomic mass is 9.90. The molecule has 1 N–H and O–H groups in total. The van der Waals surface area contributed by atoms with Gasteiger partial charge in [-0.1, -0.05) is 32.1 Å². The van der Waals surface area contributed by atoms with Crippen LogP contribution < -0.4 is 0 Å². The van der Waals surface area contributed by atoms with E-state index in [-0.39, 0.29) is 16.7 Å². The van der Waals surface area contributed by atoms with E-state index in [2.05, 4.69) is 10.3 Å². The second-order valence-electron chi connectivity index (χ2n) is 5.42. The van der Waals surface area contributed by atoms with E-state index >= 15 is 0 Å². The minimum atomic E-state index is -1.01. The molecule has 0 saturated heterocycles. The number of aromatic nitrogens is 3. The minimum absolute atomic E-state index is 0.163. The first-order valence-electron chi connectivity index (χ1n) is 6.04. The molecule has 0 spiro atoms. The number of benzene rings is 1. The van der Waals surface area contributed by atoms with Crippen LogP contribution in [0.15, 0.2) is 24.3 Å². The van der Waals surface area contributed by atoms with Gasteiger partial charge in [-0.3, -0.25) is 0 Å². The lowest BCUT2D eigenvalue weighted by Crippen LogP contribution is -2.19. The van der Waals surface area contributed by atoms with Crippen LogP contribution in [-0.2, 0) is 5.41 Å². The lowest BCUT2D eigenvalue weighted by molar-refractivity contribution is 0.0697. The third-order valence-electron chi connectivity index (χ3n) is 2.82.